The van der Waals surface area contributed by atoms with E-state index in [0.717, 1.165) is 10.4 Å². The average Bonchev–Trinajstić information content (AvgIpc) is 3.01. The van der Waals surface area contributed by atoms with E-state index in [9.17, 15) is 4.79 Å². The summed E-state index contributed by atoms with van der Waals surface area (Å²) in [6.45, 7) is 0. The van der Waals surface area contributed by atoms with E-state index in [1.54, 1.807) is 19.3 Å². The van der Waals surface area contributed by atoms with E-state index >= 15 is 0 Å². The third-order valence-electron chi connectivity index (χ3n) is 2.50. The summed E-state index contributed by atoms with van der Waals surface area (Å²) in [6, 6.07) is 7.01. The molecule has 90 valence electrons. The molecular formula is C12H9N3O2S. The largest absolute Gasteiger partial charge is 0.333 e. The minimum atomic E-state index is -0.0688. The van der Waals surface area contributed by atoms with Crippen LogP contribution in [0.2, 0.25) is 0 Å². The molecule has 0 aromatic carbocycles. The van der Waals surface area contributed by atoms with E-state index in [1.165, 1.54) is 22.0 Å². The third kappa shape index (κ3) is 1.86. The second-order valence-electron chi connectivity index (χ2n) is 3.77. The first-order valence-corrected chi connectivity index (χ1v) is 6.16. The maximum atomic E-state index is 11.3. The fourth-order valence-corrected chi connectivity index (χ4v) is 2.21. The van der Waals surface area contributed by atoms with Crippen LogP contribution in [0, 0.1) is 0 Å². The Hall–Kier alpha value is -2.21. The van der Waals surface area contributed by atoms with Crippen molar-refractivity contribution in [2.75, 3.05) is 0 Å². The van der Waals surface area contributed by atoms with Gasteiger partial charge in [-0.15, -0.1) is 11.3 Å². The maximum absolute atomic E-state index is 11.3. The lowest BCUT2D eigenvalue weighted by molar-refractivity contribution is 0.433. The van der Waals surface area contributed by atoms with Crippen molar-refractivity contribution >= 4 is 11.3 Å². The van der Waals surface area contributed by atoms with Crippen molar-refractivity contribution in [1.82, 2.24) is 14.7 Å². The van der Waals surface area contributed by atoms with Gasteiger partial charge in [0.15, 0.2) is 0 Å². The van der Waals surface area contributed by atoms with Crippen LogP contribution in [-0.4, -0.2) is 14.7 Å². The topological polar surface area (TPSA) is 60.9 Å². The van der Waals surface area contributed by atoms with E-state index in [-0.39, 0.29) is 5.56 Å². The van der Waals surface area contributed by atoms with Crippen molar-refractivity contribution in [3.05, 3.63) is 46.2 Å². The first-order chi connectivity index (χ1) is 8.74. The van der Waals surface area contributed by atoms with Gasteiger partial charge in [0.2, 0.25) is 11.4 Å². The van der Waals surface area contributed by atoms with E-state index in [2.05, 4.69) is 10.1 Å². The lowest BCUT2D eigenvalue weighted by Gasteiger charge is -1.97. The first-order valence-electron chi connectivity index (χ1n) is 5.29. The molecule has 0 atom stereocenters. The Morgan fingerprint density at radius 1 is 1.33 bits per heavy atom. The van der Waals surface area contributed by atoms with Gasteiger partial charge in [0.25, 0.3) is 5.89 Å². The van der Waals surface area contributed by atoms with Gasteiger partial charge in [0.1, 0.15) is 0 Å². The molecule has 0 aliphatic rings. The lowest BCUT2D eigenvalue weighted by atomic mass is 10.3. The second-order valence-corrected chi connectivity index (χ2v) is 4.72. The molecule has 0 amide bonds. The molecule has 0 aliphatic carbocycles. The number of aromatic nitrogens is 3. The van der Waals surface area contributed by atoms with Crippen molar-refractivity contribution in [2.24, 2.45) is 7.05 Å². The molecule has 0 saturated carbocycles. The van der Waals surface area contributed by atoms with Gasteiger partial charge in [-0.1, -0.05) is 11.2 Å². The lowest BCUT2D eigenvalue weighted by Crippen LogP contribution is -2.14. The molecule has 5 nitrogen and oxygen atoms in total. The Labute approximate surface area is 106 Å². The van der Waals surface area contributed by atoms with Crippen LogP contribution in [0.5, 0.6) is 0 Å². The highest BCUT2D eigenvalue weighted by molar-refractivity contribution is 7.13. The molecular weight excluding hydrogens is 250 g/mol. The Morgan fingerprint density at radius 2 is 2.22 bits per heavy atom. The summed E-state index contributed by atoms with van der Waals surface area (Å²) in [7, 11) is 1.69. The smallest absolute Gasteiger partial charge is 0.268 e. The predicted octanol–water partition coefficient (Wildman–Crippen LogP) is 2.16. The summed E-state index contributed by atoms with van der Waals surface area (Å²) in [4.78, 5) is 16.5. The van der Waals surface area contributed by atoms with Crippen LogP contribution >= 0.6 is 11.3 Å². The molecule has 3 heterocycles. The van der Waals surface area contributed by atoms with Crippen molar-refractivity contribution in [3.8, 4) is 22.2 Å². The standard InChI is InChI=1S/C12H9N3O2S/c1-15-7-8(4-5-10(15)16)11-13-12(17-14-11)9-3-2-6-18-9/h2-7H,1H3. The Kier molecular flexibility index (Phi) is 2.56. The van der Waals surface area contributed by atoms with Crippen LogP contribution in [0.4, 0.5) is 0 Å². The van der Waals surface area contributed by atoms with Gasteiger partial charge in [-0.3, -0.25) is 4.79 Å². The molecule has 3 aromatic heterocycles. The van der Waals surface area contributed by atoms with Gasteiger partial charge < -0.3 is 9.09 Å². The quantitative estimate of drug-likeness (QED) is 0.707. The van der Waals surface area contributed by atoms with Crippen LogP contribution in [0.1, 0.15) is 0 Å². The summed E-state index contributed by atoms with van der Waals surface area (Å²) >= 11 is 1.54. The fraction of sp³-hybridized carbons (Fsp3) is 0.0833. The highest BCUT2D eigenvalue weighted by atomic mass is 32.1. The fourth-order valence-electron chi connectivity index (χ4n) is 1.57. The summed E-state index contributed by atoms with van der Waals surface area (Å²) in [5.41, 5.74) is 0.685. The monoisotopic (exact) mass is 259 g/mol. The first kappa shape index (κ1) is 10.9. The SMILES string of the molecule is Cn1cc(-c2noc(-c3cccs3)n2)ccc1=O. The van der Waals surface area contributed by atoms with Gasteiger partial charge in [-0.05, 0) is 17.5 Å². The zero-order valence-electron chi connectivity index (χ0n) is 9.53. The molecule has 0 saturated heterocycles. The number of aryl methyl sites for hydroxylation is 1. The summed E-state index contributed by atoms with van der Waals surface area (Å²) in [5.74, 6) is 0.975. The van der Waals surface area contributed by atoms with Crippen LogP contribution in [0.3, 0.4) is 0 Å². The molecule has 0 fully saturated rings. The average molecular weight is 259 g/mol. The van der Waals surface area contributed by atoms with Crippen molar-refractivity contribution in [1.29, 1.82) is 0 Å². The Bertz CT molecular complexity index is 728. The molecule has 0 bridgehead atoms. The summed E-state index contributed by atoms with van der Waals surface area (Å²) < 4.78 is 6.68. The van der Waals surface area contributed by atoms with Crippen LogP contribution in [0.25, 0.3) is 22.2 Å². The van der Waals surface area contributed by atoms with E-state index in [1.807, 2.05) is 17.5 Å². The molecule has 0 N–H and O–H groups in total. The predicted molar refractivity (Wildman–Crippen MR) is 68.3 cm³/mol. The van der Waals surface area contributed by atoms with Crippen molar-refractivity contribution in [3.63, 3.8) is 0 Å². The molecule has 3 rings (SSSR count). The molecule has 18 heavy (non-hydrogen) atoms. The van der Waals surface area contributed by atoms with E-state index < -0.39 is 0 Å². The second kappa shape index (κ2) is 4.23. The van der Waals surface area contributed by atoms with Crippen molar-refractivity contribution < 1.29 is 4.52 Å². The Morgan fingerprint density at radius 3 is 2.94 bits per heavy atom. The molecule has 0 spiro atoms. The highest BCUT2D eigenvalue weighted by Crippen LogP contribution is 2.25. The number of nitrogens with zero attached hydrogens (tertiary/aromatic N) is 3. The normalized spacial score (nSPS) is 10.7. The third-order valence-corrected chi connectivity index (χ3v) is 3.36. The molecule has 0 radical (unpaired) electrons. The molecule has 0 unspecified atom stereocenters. The maximum Gasteiger partial charge on any atom is 0.268 e. The van der Waals surface area contributed by atoms with Gasteiger partial charge in [-0.2, -0.15) is 4.98 Å². The molecule has 0 aliphatic heterocycles. The van der Waals surface area contributed by atoms with Gasteiger partial charge in [0, 0.05) is 24.9 Å². The molecule has 6 heteroatoms. The highest BCUT2D eigenvalue weighted by Gasteiger charge is 2.11. The minimum Gasteiger partial charge on any atom is -0.333 e. The Balaban J connectivity index is 2.03. The number of thiophene rings is 1. The summed E-state index contributed by atoms with van der Waals surface area (Å²) in [5, 5.41) is 5.87. The number of hydrogen-bond acceptors (Lipinski definition) is 5. The van der Waals surface area contributed by atoms with Gasteiger partial charge in [0.05, 0.1) is 4.88 Å². The minimum absolute atomic E-state index is 0.0688. The zero-order valence-corrected chi connectivity index (χ0v) is 10.3. The number of rotatable bonds is 2. The van der Waals surface area contributed by atoms with E-state index in [4.69, 9.17) is 4.52 Å². The number of pyridine rings is 1. The molecule has 3 aromatic rings. The summed E-state index contributed by atoms with van der Waals surface area (Å²) in [6.07, 6.45) is 1.69. The van der Waals surface area contributed by atoms with E-state index in [0.29, 0.717) is 11.7 Å². The van der Waals surface area contributed by atoms with Gasteiger partial charge in [-0.25, -0.2) is 0 Å². The van der Waals surface area contributed by atoms with Crippen molar-refractivity contribution in [2.45, 2.75) is 0 Å². The van der Waals surface area contributed by atoms with Gasteiger partial charge >= 0.3 is 0 Å². The van der Waals surface area contributed by atoms with Crippen LogP contribution < -0.4 is 5.56 Å². The number of hydrogen-bond donors (Lipinski definition) is 0. The zero-order chi connectivity index (χ0) is 12.5. The van der Waals surface area contributed by atoms with Crippen LogP contribution in [-0.2, 0) is 7.05 Å². The van der Waals surface area contributed by atoms with Crippen LogP contribution in [0.15, 0.2) is 45.2 Å².